The fraction of sp³-hybridized carbons (Fsp3) is 0.231. The zero-order valence-electron chi connectivity index (χ0n) is 10.8. The lowest BCUT2D eigenvalue weighted by Crippen LogP contribution is -2.15. The van der Waals surface area contributed by atoms with Crippen molar-refractivity contribution in [1.82, 2.24) is 14.3 Å². The van der Waals surface area contributed by atoms with E-state index >= 15 is 0 Å². The zero-order chi connectivity index (χ0) is 13.4. The van der Waals surface area contributed by atoms with Crippen LogP contribution >= 0.6 is 11.3 Å². The van der Waals surface area contributed by atoms with Crippen LogP contribution in [0, 0.1) is 0 Å². The molecule has 0 bridgehead atoms. The number of aromatic nitrogens is 3. The summed E-state index contributed by atoms with van der Waals surface area (Å²) in [5.74, 6) is -0.110. The Labute approximate surface area is 114 Å². The van der Waals surface area contributed by atoms with E-state index in [4.69, 9.17) is 0 Å². The number of aryl methyl sites for hydroxylation is 2. The van der Waals surface area contributed by atoms with Crippen molar-refractivity contribution >= 4 is 33.1 Å². The normalized spacial score (nSPS) is 11.1. The van der Waals surface area contributed by atoms with E-state index in [1.807, 2.05) is 42.2 Å². The first kappa shape index (κ1) is 12.0. The Morgan fingerprint density at radius 2 is 2.37 bits per heavy atom. The maximum Gasteiger partial charge on any atom is 0.272 e. The number of nitrogens with one attached hydrogen (secondary N) is 1. The molecule has 6 heteroatoms. The lowest BCUT2D eigenvalue weighted by atomic mass is 10.4. The van der Waals surface area contributed by atoms with Crippen molar-refractivity contribution < 1.29 is 4.79 Å². The molecule has 0 fully saturated rings. The summed E-state index contributed by atoms with van der Waals surface area (Å²) in [6, 6.07) is 3.94. The minimum atomic E-state index is -0.110. The molecule has 0 radical (unpaired) electrons. The van der Waals surface area contributed by atoms with E-state index < -0.39 is 0 Å². The molecular weight excluding hydrogens is 260 g/mol. The highest BCUT2D eigenvalue weighted by Gasteiger charge is 2.14. The molecule has 1 amide bonds. The molecule has 0 aliphatic heterocycles. The fourth-order valence-corrected chi connectivity index (χ4v) is 2.91. The van der Waals surface area contributed by atoms with E-state index in [0.717, 1.165) is 22.4 Å². The number of carbonyl (C=O) groups is 1. The lowest BCUT2D eigenvalue weighted by Gasteiger charge is -2.04. The van der Waals surface area contributed by atoms with Crippen molar-refractivity contribution in [2.45, 2.75) is 13.5 Å². The molecular formula is C13H14N4OS. The van der Waals surface area contributed by atoms with Crippen LogP contribution in [0.5, 0.6) is 0 Å². The molecule has 0 aliphatic carbocycles. The summed E-state index contributed by atoms with van der Waals surface area (Å²) in [6.07, 6.45) is 3.48. The van der Waals surface area contributed by atoms with Crippen molar-refractivity contribution in [3.05, 3.63) is 35.6 Å². The Morgan fingerprint density at radius 1 is 1.53 bits per heavy atom. The number of nitrogens with zero attached hydrogens (tertiary/aromatic N) is 3. The second-order valence-corrected chi connectivity index (χ2v) is 5.25. The first-order valence-electron chi connectivity index (χ1n) is 6.05. The molecule has 3 aromatic rings. The number of carbonyl (C=O) groups excluding carboxylic acids is 1. The standard InChI is InChI=1S/C13H14N4OS/c1-3-17-8-9(7-14-17)15-13(18)11-6-12-10(16(11)2)4-5-19-12/h4-8H,3H2,1-2H3,(H,15,18). The summed E-state index contributed by atoms with van der Waals surface area (Å²) in [4.78, 5) is 12.2. The largest absolute Gasteiger partial charge is 0.339 e. The first-order chi connectivity index (χ1) is 9.19. The third-order valence-corrected chi connectivity index (χ3v) is 3.96. The van der Waals surface area contributed by atoms with Gasteiger partial charge in [0, 0.05) is 19.8 Å². The van der Waals surface area contributed by atoms with Crippen LogP contribution in [0.1, 0.15) is 17.4 Å². The first-order valence-corrected chi connectivity index (χ1v) is 6.93. The van der Waals surface area contributed by atoms with E-state index in [1.165, 1.54) is 0 Å². The van der Waals surface area contributed by atoms with Gasteiger partial charge in [0.25, 0.3) is 5.91 Å². The molecule has 0 saturated carbocycles. The zero-order valence-corrected chi connectivity index (χ0v) is 11.6. The van der Waals surface area contributed by atoms with Crippen LogP contribution in [-0.2, 0) is 13.6 Å². The molecule has 19 heavy (non-hydrogen) atoms. The monoisotopic (exact) mass is 274 g/mol. The number of rotatable bonds is 3. The summed E-state index contributed by atoms with van der Waals surface area (Å²) in [5.41, 5.74) is 2.46. The molecule has 5 nitrogen and oxygen atoms in total. The van der Waals surface area contributed by atoms with Crippen LogP contribution in [0.3, 0.4) is 0 Å². The second kappa shape index (κ2) is 4.55. The molecule has 1 N–H and O–H groups in total. The molecule has 3 heterocycles. The number of hydrogen-bond acceptors (Lipinski definition) is 3. The minimum Gasteiger partial charge on any atom is -0.339 e. The number of thiophene rings is 1. The van der Waals surface area contributed by atoms with Crippen molar-refractivity contribution in [3.8, 4) is 0 Å². The van der Waals surface area contributed by atoms with E-state index in [2.05, 4.69) is 10.4 Å². The molecule has 98 valence electrons. The molecule has 0 aromatic carbocycles. The lowest BCUT2D eigenvalue weighted by molar-refractivity contribution is 0.102. The molecule has 0 unspecified atom stereocenters. The Kier molecular flexibility index (Phi) is 2.87. The number of amides is 1. The summed E-state index contributed by atoms with van der Waals surface area (Å²) in [7, 11) is 1.90. The van der Waals surface area contributed by atoms with Crippen LogP contribution in [-0.4, -0.2) is 20.3 Å². The van der Waals surface area contributed by atoms with Crippen molar-refractivity contribution in [2.75, 3.05) is 5.32 Å². The summed E-state index contributed by atoms with van der Waals surface area (Å²) >= 11 is 1.64. The maximum absolute atomic E-state index is 12.2. The van der Waals surface area contributed by atoms with Crippen LogP contribution in [0.2, 0.25) is 0 Å². The predicted octanol–water partition coefficient (Wildman–Crippen LogP) is 2.71. The Hall–Kier alpha value is -2.08. The molecule has 3 aromatic heterocycles. The van der Waals surface area contributed by atoms with Crippen molar-refractivity contribution in [1.29, 1.82) is 0 Å². The van der Waals surface area contributed by atoms with Gasteiger partial charge in [0.2, 0.25) is 0 Å². The van der Waals surface area contributed by atoms with Crippen LogP contribution in [0.15, 0.2) is 29.9 Å². The van der Waals surface area contributed by atoms with Gasteiger partial charge in [-0.2, -0.15) is 5.10 Å². The van der Waals surface area contributed by atoms with Gasteiger partial charge in [-0.25, -0.2) is 0 Å². The number of hydrogen-bond donors (Lipinski definition) is 1. The highest BCUT2D eigenvalue weighted by Crippen LogP contribution is 2.24. The van der Waals surface area contributed by atoms with Gasteiger partial charge in [-0.05, 0) is 24.4 Å². The van der Waals surface area contributed by atoms with Crippen molar-refractivity contribution in [2.24, 2.45) is 7.05 Å². The number of anilines is 1. The van der Waals surface area contributed by atoms with E-state index in [9.17, 15) is 4.79 Å². The van der Waals surface area contributed by atoms with Crippen LogP contribution in [0.4, 0.5) is 5.69 Å². The topological polar surface area (TPSA) is 51.9 Å². The van der Waals surface area contributed by atoms with Gasteiger partial charge in [-0.1, -0.05) is 0 Å². The van der Waals surface area contributed by atoms with E-state index in [0.29, 0.717) is 5.69 Å². The van der Waals surface area contributed by atoms with E-state index in [1.54, 1.807) is 22.2 Å². The second-order valence-electron chi connectivity index (χ2n) is 4.30. The highest BCUT2D eigenvalue weighted by molar-refractivity contribution is 7.17. The maximum atomic E-state index is 12.2. The molecule has 0 atom stereocenters. The molecule has 0 saturated heterocycles. The van der Waals surface area contributed by atoms with Gasteiger partial charge < -0.3 is 9.88 Å². The average molecular weight is 274 g/mol. The third-order valence-electron chi connectivity index (χ3n) is 3.11. The van der Waals surface area contributed by atoms with Crippen molar-refractivity contribution in [3.63, 3.8) is 0 Å². The average Bonchev–Trinajstić information content (AvgIpc) is 3.07. The van der Waals surface area contributed by atoms with Gasteiger partial charge in [-0.3, -0.25) is 9.48 Å². The van der Waals surface area contributed by atoms with Gasteiger partial charge in [-0.15, -0.1) is 11.3 Å². The van der Waals surface area contributed by atoms with Gasteiger partial charge in [0.15, 0.2) is 0 Å². The Balaban J connectivity index is 1.87. The quantitative estimate of drug-likeness (QED) is 0.798. The number of fused-ring (bicyclic) bond motifs is 1. The predicted molar refractivity (Wildman–Crippen MR) is 76.7 cm³/mol. The van der Waals surface area contributed by atoms with Crippen LogP contribution in [0.25, 0.3) is 10.2 Å². The minimum absolute atomic E-state index is 0.110. The Morgan fingerprint density at radius 3 is 3.05 bits per heavy atom. The third kappa shape index (κ3) is 2.04. The SMILES string of the molecule is CCn1cc(NC(=O)c2cc3sccc3n2C)cn1. The summed E-state index contributed by atoms with van der Waals surface area (Å²) in [5, 5.41) is 9.03. The van der Waals surface area contributed by atoms with Gasteiger partial charge in [0.05, 0.1) is 22.1 Å². The molecule has 0 spiro atoms. The summed E-state index contributed by atoms with van der Waals surface area (Å²) in [6.45, 7) is 2.79. The Bertz CT molecular complexity index is 737. The summed E-state index contributed by atoms with van der Waals surface area (Å²) < 4.78 is 4.81. The van der Waals surface area contributed by atoms with Gasteiger partial charge >= 0.3 is 0 Å². The van der Waals surface area contributed by atoms with Gasteiger partial charge in [0.1, 0.15) is 5.69 Å². The van der Waals surface area contributed by atoms with E-state index in [-0.39, 0.29) is 5.91 Å². The molecule has 0 aliphatic rings. The molecule has 3 rings (SSSR count). The fourth-order valence-electron chi connectivity index (χ4n) is 2.06. The smallest absolute Gasteiger partial charge is 0.272 e. The highest BCUT2D eigenvalue weighted by atomic mass is 32.1. The van der Waals surface area contributed by atoms with Crippen LogP contribution < -0.4 is 5.32 Å².